The molecule has 0 saturated heterocycles. The van der Waals surface area contributed by atoms with Gasteiger partial charge in [0, 0.05) is 7.05 Å². The molecule has 1 fully saturated rings. The summed E-state index contributed by atoms with van der Waals surface area (Å²) >= 11 is 0. The van der Waals surface area contributed by atoms with Crippen molar-refractivity contribution >= 4 is 18.3 Å². The van der Waals surface area contributed by atoms with Crippen LogP contribution in [0.5, 0.6) is 5.75 Å². The zero-order chi connectivity index (χ0) is 13.9. The largest absolute Gasteiger partial charge is 0.492 e. The number of hydrogen-bond donors (Lipinski definition) is 1. The number of halogens is 1. The maximum atomic E-state index is 12.1. The second-order valence-corrected chi connectivity index (χ2v) is 5.40. The van der Waals surface area contributed by atoms with Gasteiger partial charge in [-0.3, -0.25) is 4.79 Å². The van der Waals surface area contributed by atoms with Gasteiger partial charge < -0.3 is 15.4 Å². The molecule has 1 aliphatic rings. The van der Waals surface area contributed by atoms with E-state index in [1.807, 2.05) is 31.2 Å². The van der Waals surface area contributed by atoms with E-state index in [9.17, 15) is 4.79 Å². The summed E-state index contributed by atoms with van der Waals surface area (Å²) < 4.78 is 5.61. The van der Waals surface area contributed by atoms with Crippen molar-refractivity contribution in [2.45, 2.75) is 31.7 Å². The third-order valence-electron chi connectivity index (χ3n) is 3.73. The van der Waals surface area contributed by atoms with Crippen LogP contribution in [0.3, 0.4) is 0 Å². The minimum Gasteiger partial charge on any atom is -0.492 e. The van der Waals surface area contributed by atoms with Crippen LogP contribution >= 0.6 is 12.4 Å². The molecule has 0 atom stereocenters. The van der Waals surface area contributed by atoms with Gasteiger partial charge in [-0.25, -0.2) is 0 Å². The second kappa shape index (κ2) is 6.95. The van der Waals surface area contributed by atoms with Crippen LogP contribution in [-0.2, 0) is 4.79 Å². The molecule has 0 bridgehead atoms. The van der Waals surface area contributed by atoms with E-state index in [0.29, 0.717) is 13.2 Å². The van der Waals surface area contributed by atoms with Crippen molar-refractivity contribution in [1.82, 2.24) is 4.90 Å². The highest BCUT2D eigenvalue weighted by molar-refractivity contribution is 5.86. The molecule has 0 heterocycles. The third kappa shape index (κ3) is 3.87. The Balaban J connectivity index is 0.00000200. The first-order chi connectivity index (χ1) is 9.01. The van der Waals surface area contributed by atoms with Crippen LogP contribution in [0.1, 0.15) is 24.8 Å². The van der Waals surface area contributed by atoms with Gasteiger partial charge in [-0.05, 0) is 38.3 Å². The number of likely N-dealkylation sites (N-methyl/N-ethyl adjacent to an activating group) is 1. The fraction of sp³-hybridized carbons (Fsp3) is 0.533. The summed E-state index contributed by atoms with van der Waals surface area (Å²) in [6.45, 7) is 3.09. The molecule has 1 aromatic rings. The number of carbonyl (C=O) groups excluding carboxylic acids is 1. The molecular weight excluding hydrogens is 276 g/mol. The monoisotopic (exact) mass is 298 g/mol. The Morgan fingerprint density at radius 1 is 1.35 bits per heavy atom. The van der Waals surface area contributed by atoms with Gasteiger partial charge in [-0.15, -0.1) is 12.4 Å². The topological polar surface area (TPSA) is 55.6 Å². The van der Waals surface area contributed by atoms with Gasteiger partial charge in [0.15, 0.2) is 0 Å². The molecule has 2 N–H and O–H groups in total. The number of hydrogen-bond acceptors (Lipinski definition) is 3. The molecule has 1 amide bonds. The molecule has 4 nitrogen and oxygen atoms in total. The average molecular weight is 299 g/mol. The zero-order valence-electron chi connectivity index (χ0n) is 12.1. The molecule has 0 aromatic heterocycles. The Labute approximate surface area is 126 Å². The summed E-state index contributed by atoms with van der Waals surface area (Å²) in [5.74, 6) is 0.865. The summed E-state index contributed by atoms with van der Waals surface area (Å²) in [6, 6.07) is 7.89. The Kier molecular flexibility index (Phi) is 5.84. The lowest BCUT2D eigenvalue weighted by atomic mass is 9.77. The molecule has 1 saturated carbocycles. The van der Waals surface area contributed by atoms with Crippen molar-refractivity contribution < 1.29 is 9.53 Å². The first-order valence-electron chi connectivity index (χ1n) is 6.75. The molecular formula is C15H23ClN2O2. The number of amides is 1. The molecule has 20 heavy (non-hydrogen) atoms. The van der Waals surface area contributed by atoms with Crippen molar-refractivity contribution in [3.63, 3.8) is 0 Å². The van der Waals surface area contributed by atoms with Crippen LogP contribution in [-0.4, -0.2) is 36.5 Å². The maximum Gasteiger partial charge on any atom is 0.242 e. The van der Waals surface area contributed by atoms with Crippen LogP contribution < -0.4 is 10.5 Å². The van der Waals surface area contributed by atoms with Crippen LogP contribution in [0.25, 0.3) is 0 Å². The minimum absolute atomic E-state index is 0. The normalized spacial score (nSPS) is 15.8. The van der Waals surface area contributed by atoms with E-state index in [0.717, 1.165) is 25.0 Å². The van der Waals surface area contributed by atoms with E-state index in [1.54, 1.807) is 11.9 Å². The van der Waals surface area contributed by atoms with Gasteiger partial charge in [-0.1, -0.05) is 17.7 Å². The van der Waals surface area contributed by atoms with Crippen LogP contribution in [0, 0.1) is 6.92 Å². The third-order valence-corrected chi connectivity index (χ3v) is 3.73. The number of benzene rings is 1. The highest BCUT2D eigenvalue weighted by Gasteiger charge is 2.41. The van der Waals surface area contributed by atoms with E-state index in [1.165, 1.54) is 5.56 Å². The molecule has 0 spiro atoms. The Bertz CT molecular complexity index is 444. The molecule has 0 aliphatic heterocycles. The molecule has 2 rings (SSSR count). The van der Waals surface area contributed by atoms with Gasteiger partial charge in [0.25, 0.3) is 0 Å². The predicted molar refractivity (Wildman–Crippen MR) is 82.3 cm³/mol. The summed E-state index contributed by atoms with van der Waals surface area (Å²) in [5.41, 5.74) is 6.61. The molecule has 1 aromatic carbocycles. The molecule has 0 radical (unpaired) electrons. The fourth-order valence-electron chi connectivity index (χ4n) is 2.19. The molecule has 112 valence electrons. The first kappa shape index (κ1) is 16.8. The highest BCUT2D eigenvalue weighted by atomic mass is 35.5. The SMILES string of the molecule is Cc1ccc(OCCN(C)C(=O)C2(N)CCC2)cc1.Cl. The number of ether oxygens (including phenoxy) is 1. The summed E-state index contributed by atoms with van der Waals surface area (Å²) in [5, 5.41) is 0. The lowest BCUT2D eigenvalue weighted by Crippen LogP contribution is -2.59. The molecule has 1 aliphatic carbocycles. The standard InChI is InChI=1S/C15H22N2O2.ClH/c1-12-4-6-13(7-5-12)19-11-10-17(2)14(18)15(16)8-3-9-15;/h4-7H,3,8-11,16H2,1-2H3;1H. The molecule has 5 heteroatoms. The Morgan fingerprint density at radius 3 is 2.45 bits per heavy atom. The Hall–Kier alpha value is -1.26. The van der Waals surface area contributed by atoms with Gasteiger partial charge in [0.05, 0.1) is 12.1 Å². The van der Waals surface area contributed by atoms with E-state index >= 15 is 0 Å². The van der Waals surface area contributed by atoms with Crippen molar-refractivity contribution in [3.8, 4) is 5.75 Å². The number of aryl methyl sites for hydroxylation is 1. The fourth-order valence-corrected chi connectivity index (χ4v) is 2.19. The highest BCUT2D eigenvalue weighted by Crippen LogP contribution is 2.30. The van der Waals surface area contributed by atoms with Crippen molar-refractivity contribution in [1.29, 1.82) is 0 Å². The van der Waals surface area contributed by atoms with Crippen molar-refractivity contribution in [2.75, 3.05) is 20.2 Å². The van der Waals surface area contributed by atoms with Crippen molar-refractivity contribution in [3.05, 3.63) is 29.8 Å². The van der Waals surface area contributed by atoms with E-state index < -0.39 is 5.54 Å². The maximum absolute atomic E-state index is 12.1. The van der Waals surface area contributed by atoms with Crippen LogP contribution in [0.15, 0.2) is 24.3 Å². The van der Waals surface area contributed by atoms with Crippen molar-refractivity contribution in [2.24, 2.45) is 5.73 Å². The number of carbonyl (C=O) groups is 1. The Morgan fingerprint density at radius 2 is 1.95 bits per heavy atom. The second-order valence-electron chi connectivity index (χ2n) is 5.40. The lowest BCUT2D eigenvalue weighted by Gasteiger charge is -2.39. The van der Waals surface area contributed by atoms with Gasteiger partial charge >= 0.3 is 0 Å². The van der Waals surface area contributed by atoms with Gasteiger partial charge in [-0.2, -0.15) is 0 Å². The quantitative estimate of drug-likeness (QED) is 0.906. The van der Waals surface area contributed by atoms with Gasteiger partial charge in [0.2, 0.25) is 5.91 Å². The molecule has 0 unspecified atom stereocenters. The average Bonchev–Trinajstić information content (AvgIpc) is 2.37. The lowest BCUT2D eigenvalue weighted by molar-refractivity contribution is -0.139. The summed E-state index contributed by atoms with van der Waals surface area (Å²) in [4.78, 5) is 13.8. The summed E-state index contributed by atoms with van der Waals surface area (Å²) in [6.07, 6.45) is 2.65. The number of rotatable bonds is 5. The van der Waals surface area contributed by atoms with E-state index in [-0.39, 0.29) is 18.3 Å². The van der Waals surface area contributed by atoms with Crippen LogP contribution in [0.4, 0.5) is 0 Å². The van der Waals surface area contributed by atoms with Crippen LogP contribution in [0.2, 0.25) is 0 Å². The minimum atomic E-state index is -0.612. The van der Waals surface area contributed by atoms with E-state index in [4.69, 9.17) is 10.5 Å². The van der Waals surface area contributed by atoms with E-state index in [2.05, 4.69) is 0 Å². The number of nitrogens with two attached hydrogens (primary N) is 1. The van der Waals surface area contributed by atoms with Gasteiger partial charge in [0.1, 0.15) is 12.4 Å². The zero-order valence-corrected chi connectivity index (χ0v) is 12.9. The first-order valence-corrected chi connectivity index (χ1v) is 6.75. The predicted octanol–water partition coefficient (Wildman–Crippen LogP) is 2.14. The smallest absolute Gasteiger partial charge is 0.242 e. The number of nitrogens with zero attached hydrogens (tertiary/aromatic N) is 1. The summed E-state index contributed by atoms with van der Waals surface area (Å²) in [7, 11) is 1.79.